The van der Waals surface area contributed by atoms with Gasteiger partial charge in [-0.2, -0.15) is 0 Å². The summed E-state index contributed by atoms with van der Waals surface area (Å²) in [6, 6.07) is 18.8. The van der Waals surface area contributed by atoms with Gasteiger partial charge in [0.05, 0.1) is 6.54 Å². The fourth-order valence-electron chi connectivity index (χ4n) is 4.21. The lowest BCUT2D eigenvalue weighted by molar-refractivity contribution is -0.134. The summed E-state index contributed by atoms with van der Waals surface area (Å²) in [6.45, 7) is 2.23. The molecule has 0 unspecified atom stereocenters. The van der Waals surface area contributed by atoms with Gasteiger partial charge in [0, 0.05) is 25.4 Å². The lowest BCUT2D eigenvalue weighted by Crippen LogP contribution is -2.42. The Kier molecular flexibility index (Phi) is 4.49. The van der Waals surface area contributed by atoms with Crippen LogP contribution in [0.1, 0.15) is 29.5 Å². The Balaban J connectivity index is 1.30. The van der Waals surface area contributed by atoms with Crippen LogP contribution in [0, 0.1) is 5.92 Å². The van der Waals surface area contributed by atoms with E-state index in [2.05, 4.69) is 29.6 Å². The van der Waals surface area contributed by atoms with Crippen LogP contribution in [-0.4, -0.2) is 35.8 Å². The number of nitrogens with one attached hydrogen (secondary N) is 1. The second-order valence-electron chi connectivity index (χ2n) is 7.36. The highest BCUT2D eigenvalue weighted by Gasteiger charge is 2.56. The van der Waals surface area contributed by atoms with E-state index < -0.39 is 0 Å². The van der Waals surface area contributed by atoms with Gasteiger partial charge in [0.1, 0.15) is 0 Å². The van der Waals surface area contributed by atoms with Gasteiger partial charge in [0.15, 0.2) is 0 Å². The SMILES string of the molecule is CC(=O)N(CCc1ccccc1)CC(=O)N[C@@H]1[C@@H]2Cc3ccccc3[C@H]21. The third-order valence-corrected chi connectivity index (χ3v) is 5.66. The van der Waals surface area contributed by atoms with Gasteiger partial charge in [-0.1, -0.05) is 54.6 Å². The van der Waals surface area contributed by atoms with Crippen molar-refractivity contribution >= 4 is 11.8 Å². The highest BCUT2D eigenvalue weighted by atomic mass is 16.2. The number of hydrogen-bond acceptors (Lipinski definition) is 2. The molecule has 2 amide bonds. The van der Waals surface area contributed by atoms with Crippen LogP contribution in [0.2, 0.25) is 0 Å². The first-order valence-electron chi connectivity index (χ1n) is 9.30. The molecule has 1 fully saturated rings. The van der Waals surface area contributed by atoms with Crippen molar-refractivity contribution in [3.63, 3.8) is 0 Å². The van der Waals surface area contributed by atoms with E-state index in [1.807, 2.05) is 30.3 Å². The largest absolute Gasteiger partial charge is 0.351 e. The topological polar surface area (TPSA) is 49.4 Å². The molecule has 2 aromatic carbocycles. The zero-order valence-corrected chi connectivity index (χ0v) is 15.0. The van der Waals surface area contributed by atoms with Gasteiger partial charge in [-0.25, -0.2) is 0 Å². The maximum atomic E-state index is 12.5. The zero-order chi connectivity index (χ0) is 18.1. The van der Waals surface area contributed by atoms with Crippen LogP contribution >= 0.6 is 0 Å². The number of amides is 2. The Bertz CT molecular complexity index is 818. The van der Waals surface area contributed by atoms with Gasteiger partial charge in [0.25, 0.3) is 0 Å². The van der Waals surface area contributed by atoms with E-state index in [1.54, 1.807) is 4.90 Å². The van der Waals surface area contributed by atoms with Crippen molar-refractivity contribution in [1.82, 2.24) is 10.2 Å². The van der Waals surface area contributed by atoms with Crippen molar-refractivity contribution in [2.75, 3.05) is 13.1 Å². The minimum absolute atomic E-state index is 0.0508. The van der Waals surface area contributed by atoms with E-state index in [4.69, 9.17) is 0 Å². The molecule has 1 N–H and O–H groups in total. The molecule has 0 heterocycles. The van der Waals surface area contributed by atoms with Gasteiger partial charge >= 0.3 is 0 Å². The van der Waals surface area contributed by atoms with E-state index in [0.29, 0.717) is 18.4 Å². The third-order valence-electron chi connectivity index (χ3n) is 5.66. The van der Waals surface area contributed by atoms with E-state index >= 15 is 0 Å². The molecule has 4 nitrogen and oxygen atoms in total. The van der Waals surface area contributed by atoms with Crippen LogP contribution in [0.15, 0.2) is 54.6 Å². The third kappa shape index (κ3) is 3.36. The molecule has 3 atom stereocenters. The fraction of sp³-hybridized carbons (Fsp3) is 0.364. The number of hydrogen-bond donors (Lipinski definition) is 1. The Morgan fingerprint density at radius 2 is 1.81 bits per heavy atom. The number of carbonyl (C=O) groups is 2. The Morgan fingerprint density at radius 3 is 2.58 bits per heavy atom. The molecule has 0 aromatic heterocycles. The van der Waals surface area contributed by atoms with Crippen LogP contribution in [0.25, 0.3) is 0 Å². The molecular formula is C22H24N2O2. The van der Waals surface area contributed by atoms with Gasteiger partial charge in [0.2, 0.25) is 11.8 Å². The summed E-state index contributed by atoms with van der Waals surface area (Å²) < 4.78 is 0. The Morgan fingerprint density at radius 1 is 1.08 bits per heavy atom. The molecule has 4 rings (SSSR count). The van der Waals surface area contributed by atoms with Crippen LogP contribution in [0.4, 0.5) is 0 Å². The quantitative estimate of drug-likeness (QED) is 0.872. The normalized spacial score (nSPS) is 22.3. The summed E-state index contributed by atoms with van der Waals surface area (Å²) in [5.41, 5.74) is 3.98. The van der Waals surface area contributed by atoms with Gasteiger partial charge in [-0.05, 0) is 35.4 Å². The molecule has 0 aliphatic heterocycles. The number of fused-ring (bicyclic) bond motifs is 3. The van der Waals surface area contributed by atoms with Crippen molar-refractivity contribution in [3.8, 4) is 0 Å². The average Bonchev–Trinajstić information content (AvgIpc) is 3.15. The number of nitrogens with zero attached hydrogens (tertiary/aromatic N) is 1. The fourth-order valence-corrected chi connectivity index (χ4v) is 4.21. The molecule has 4 heteroatoms. The smallest absolute Gasteiger partial charge is 0.239 e. The minimum atomic E-state index is -0.0579. The van der Waals surface area contributed by atoms with E-state index in [9.17, 15) is 9.59 Å². The van der Waals surface area contributed by atoms with Crippen molar-refractivity contribution in [1.29, 1.82) is 0 Å². The summed E-state index contributed by atoms with van der Waals surface area (Å²) in [4.78, 5) is 26.0. The summed E-state index contributed by atoms with van der Waals surface area (Å²) in [6.07, 6.45) is 1.81. The first kappa shape index (κ1) is 16.8. The van der Waals surface area contributed by atoms with Crippen LogP contribution < -0.4 is 5.32 Å². The summed E-state index contributed by atoms with van der Waals surface area (Å²) >= 11 is 0. The van der Waals surface area contributed by atoms with Gasteiger partial charge in [-0.3, -0.25) is 9.59 Å². The number of benzene rings is 2. The molecule has 0 saturated heterocycles. The second-order valence-corrected chi connectivity index (χ2v) is 7.36. The average molecular weight is 348 g/mol. The lowest BCUT2D eigenvalue weighted by Gasteiger charge is -2.21. The molecule has 134 valence electrons. The minimum Gasteiger partial charge on any atom is -0.351 e. The molecule has 1 saturated carbocycles. The van der Waals surface area contributed by atoms with Crippen LogP contribution in [-0.2, 0) is 22.4 Å². The molecule has 0 radical (unpaired) electrons. The maximum absolute atomic E-state index is 12.5. The molecule has 0 spiro atoms. The molecule has 0 bridgehead atoms. The first-order valence-corrected chi connectivity index (χ1v) is 9.30. The van der Waals surface area contributed by atoms with Crippen molar-refractivity contribution in [2.24, 2.45) is 5.92 Å². The Hall–Kier alpha value is -2.62. The Labute approximate surface area is 154 Å². The molecule has 2 aliphatic carbocycles. The second kappa shape index (κ2) is 6.94. The molecule has 26 heavy (non-hydrogen) atoms. The standard InChI is InChI=1S/C22H24N2O2/c1-15(25)24(12-11-16-7-3-2-4-8-16)14-20(26)23-22-19-13-17-9-5-6-10-18(17)21(19)22/h2-10,19,21-22H,11-14H2,1H3,(H,23,26)/t19-,21-,22-/m1/s1. The van der Waals surface area contributed by atoms with Crippen LogP contribution in [0.3, 0.4) is 0 Å². The summed E-state index contributed by atoms with van der Waals surface area (Å²) in [5.74, 6) is 0.888. The van der Waals surface area contributed by atoms with Gasteiger partial charge < -0.3 is 10.2 Å². The van der Waals surface area contributed by atoms with E-state index in [1.165, 1.54) is 23.6 Å². The highest BCUT2D eigenvalue weighted by molar-refractivity contribution is 5.84. The first-order chi connectivity index (χ1) is 12.6. The van der Waals surface area contributed by atoms with Crippen molar-refractivity contribution in [3.05, 3.63) is 71.3 Å². The molecule has 2 aliphatic rings. The summed E-state index contributed by atoms with van der Waals surface area (Å²) in [5, 5.41) is 3.15. The molecule has 2 aromatic rings. The molecular weight excluding hydrogens is 324 g/mol. The predicted octanol–water partition coefficient (Wildman–Crippen LogP) is 2.53. The van der Waals surface area contributed by atoms with Crippen LogP contribution in [0.5, 0.6) is 0 Å². The monoisotopic (exact) mass is 348 g/mol. The number of carbonyl (C=O) groups excluding carboxylic acids is 2. The number of rotatable bonds is 6. The van der Waals surface area contributed by atoms with Crippen molar-refractivity contribution in [2.45, 2.75) is 31.7 Å². The zero-order valence-electron chi connectivity index (χ0n) is 15.0. The maximum Gasteiger partial charge on any atom is 0.239 e. The van der Waals surface area contributed by atoms with Crippen molar-refractivity contribution < 1.29 is 9.59 Å². The van der Waals surface area contributed by atoms with Gasteiger partial charge in [-0.15, -0.1) is 0 Å². The van der Waals surface area contributed by atoms with E-state index in [0.717, 1.165) is 12.8 Å². The summed E-state index contributed by atoms with van der Waals surface area (Å²) in [7, 11) is 0. The predicted molar refractivity (Wildman–Crippen MR) is 101 cm³/mol. The highest BCUT2D eigenvalue weighted by Crippen LogP contribution is 2.56. The van der Waals surface area contributed by atoms with E-state index in [-0.39, 0.29) is 24.4 Å². The lowest BCUT2D eigenvalue weighted by atomic mass is 10.1.